The second-order valence-corrected chi connectivity index (χ2v) is 5.40. The largest absolute Gasteiger partial charge is 0.496 e. The van der Waals surface area contributed by atoms with E-state index in [0.717, 1.165) is 0 Å². The van der Waals surface area contributed by atoms with Crippen LogP contribution in [0.15, 0.2) is 36.4 Å². The number of carbonyl (C=O) groups is 1. The van der Waals surface area contributed by atoms with E-state index >= 15 is 0 Å². The Labute approximate surface area is 143 Å². The summed E-state index contributed by atoms with van der Waals surface area (Å²) in [7, 11) is 1.39. The van der Waals surface area contributed by atoms with Crippen molar-refractivity contribution in [1.82, 2.24) is 0 Å². The van der Waals surface area contributed by atoms with Gasteiger partial charge in [-0.3, -0.25) is 0 Å². The summed E-state index contributed by atoms with van der Waals surface area (Å²) in [5.74, 6) is -0.863. The van der Waals surface area contributed by atoms with Gasteiger partial charge >= 0.3 is 5.97 Å². The molecule has 2 aromatic carbocycles. The van der Waals surface area contributed by atoms with Crippen molar-refractivity contribution in [2.24, 2.45) is 0 Å². The first kappa shape index (κ1) is 16.9. The minimum atomic E-state index is -1.11. The molecule has 0 radical (unpaired) electrons. The third kappa shape index (κ3) is 3.84. The first-order valence-electron chi connectivity index (χ1n) is 6.45. The lowest BCUT2D eigenvalue weighted by atomic mass is 10.0. The van der Waals surface area contributed by atoms with Crippen molar-refractivity contribution in [3.8, 4) is 11.8 Å². The number of carboxylic acid groups (broad SMARTS) is 1. The maximum atomic E-state index is 11.2. The van der Waals surface area contributed by atoms with Crippen molar-refractivity contribution >= 4 is 40.8 Å². The van der Waals surface area contributed by atoms with E-state index in [2.05, 4.69) is 6.07 Å². The van der Waals surface area contributed by atoms with E-state index < -0.39 is 5.97 Å². The monoisotopic (exact) mass is 347 g/mol. The number of methoxy groups -OCH3 is 1. The van der Waals surface area contributed by atoms with E-state index in [1.807, 2.05) is 0 Å². The molecule has 4 nitrogen and oxygen atoms in total. The van der Waals surface area contributed by atoms with E-state index in [4.69, 9.17) is 27.9 Å². The first-order valence-corrected chi connectivity index (χ1v) is 7.20. The Bertz CT molecular complexity index is 838. The van der Waals surface area contributed by atoms with E-state index in [1.165, 1.54) is 19.2 Å². The zero-order valence-corrected chi connectivity index (χ0v) is 13.5. The molecule has 0 saturated carbocycles. The van der Waals surface area contributed by atoms with Gasteiger partial charge in [0.25, 0.3) is 0 Å². The lowest BCUT2D eigenvalue weighted by Crippen LogP contribution is -2.00. The van der Waals surface area contributed by atoms with Gasteiger partial charge in [0.05, 0.1) is 23.8 Å². The fraction of sp³-hybridized carbons (Fsp3) is 0.0588. The number of hydrogen-bond acceptors (Lipinski definition) is 3. The van der Waals surface area contributed by atoms with Gasteiger partial charge in [-0.05, 0) is 35.9 Å². The van der Waals surface area contributed by atoms with Gasteiger partial charge < -0.3 is 9.84 Å². The van der Waals surface area contributed by atoms with Crippen LogP contribution in [0.3, 0.4) is 0 Å². The van der Waals surface area contributed by atoms with Gasteiger partial charge in [-0.15, -0.1) is 0 Å². The van der Waals surface area contributed by atoms with Crippen molar-refractivity contribution in [2.75, 3.05) is 7.11 Å². The summed E-state index contributed by atoms with van der Waals surface area (Å²) >= 11 is 12.0. The smallest absolute Gasteiger partial charge is 0.339 e. The van der Waals surface area contributed by atoms with Crippen molar-refractivity contribution in [3.63, 3.8) is 0 Å². The van der Waals surface area contributed by atoms with Gasteiger partial charge in [0, 0.05) is 10.6 Å². The predicted molar refractivity (Wildman–Crippen MR) is 89.9 cm³/mol. The first-order chi connectivity index (χ1) is 11.0. The van der Waals surface area contributed by atoms with E-state index in [1.54, 1.807) is 30.3 Å². The van der Waals surface area contributed by atoms with Crippen LogP contribution in [0.25, 0.3) is 11.6 Å². The number of allylic oxidation sites excluding steroid dienone is 1. The van der Waals surface area contributed by atoms with Crippen molar-refractivity contribution in [2.45, 2.75) is 0 Å². The number of ether oxygens (including phenoxy) is 1. The minimum absolute atomic E-state index is 0.0146. The number of hydrogen-bond donors (Lipinski definition) is 1. The third-order valence-electron chi connectivity index (χ3n) is 3.11. The van der Waals surface area contributed by atoms with Gasteiger partial charge in [0.1, 0.15) is 11.3 Å². The van der Waals surface area contributed by atoms with Crippen LogP contribution in [0.1, 0.15) is 21.5 Å². The Morgan fingerprint density at radius 2 is 1.96 bits per heavy atom. The molecule has 1 N–H and O–H groups in total. The van der Waals surface area contributed by atoms with Gasteiger partial charge in [0.15, 0.2) is 0 Å². The van der Waals surface area contributed by atoms with Crippen LogP contribution in [0.5, 0.6) is 5.75 Å². The van der Waals surface area contributed by atoms with Crippen LogP contribution in [-0.4, -0.2) is 18.2 Å². The molecule has 0 amide bonds. The van der Waals surface area contributed by atoms with E-state index in [9.17, 15) is 15.2 Å². The quantitative estimate of drug-likeness (QED) is 0.639. The number of rotatable bonds is 4. The molecule has 0 heterocycles. The third-order valence-corrected chi connectivity index (χ3v) is 3.65. The molecule has 0 aliphatic carbocycles. The van der Waals surface area contributed by atoms with Crippen LogP contribution < -0.4 is 4.74 Å². The summed E-state index contributed by atoms with van der Waals surface area (Å²) < 4.78 is 5.01. The van der Waals surface area contributed by atoms with Crippen LogP contribution in [0.2, 0.25) is 10.0 Å². The van der Waals surface area contributed by atoms with Crippen LogP contribution in [0, 0.1) is 11.3 Å². The van der Waals surface area contributed by atoms with Gasteiger partial charge in [-0.25, -0.2) is 4.79 Å². The molecule has 0 aliphatic rings. The second kappa shape index (κ2) is 7.19. The molecule has 0 saturated heterocycles. The topological polar surface area (TPSA) is 70.3 Å². The molecule has 0 fully saturated rings. The number of halogens is 2. The second-order valence-electron chi connectivity index (χ2n) is 4.56. The molecule has 0 aliphatic heterocycles. The molecule has 2 aromatic rings. The average molecular weight is 348 g/mol. The summed E-state index contributed by atoms with van der Waals surface area (Å²) in [6, 6.07) is 11.5. The molecular formula is C17H11Cl2NO3. The SMILES string of the molecule is COc1ccc(/C=C(\C#N)c2ccc(Cl)cc2Cl)cc1C(=O)O. The van der Waals surface area contributed by atoms with Crippen LogP contribution in [0.4, 0.5) is 0 Å². The maximum Gasteiger partial charge on any atom is 0.339 e. The normalized spacial score (nSPS) is 11.0. The number of nitriles is 1. The summed E-state index contributed by atoms with van der Waals surface area (Å²) in [5, 5.41) is 19.4. The Morgan fingerprint density at radius 3 is 2.52 bits per heavy atom. The zero-order chi connectivity index (χ0) is 17.0. The van der Waals surface area contributed by atoms with Gasteiger partial charge in [-0.1, -0.05) is 35.3 Å². The highest BCUT2D eigenvalue weighted by Gasteiger charge is 2.12. The Hall–Kier alpha value is -2.48. The standard InChI is InChI=1S/C17H11Cl2NO3/c1-23-16-5-2-10(7-14(16)17(21)22)6-11(9-20)13-4-3-12(18)8-15(13)19/h2-8H,1H3,(H,21,22)/b11-6+. The van der Waals surface area contributed by atoms with Crippen molar-refractivity contribution in [1.29, 1.82) is 5.26 Å². The molecule has 0 spiro atoms. The number of carboxylic acids is 1. The summed E-state index contributed by atoms with van der Waals surface area (Å²) in [6.45, 7) is 0. The number of aromatic carboxylic acids is 1. The molecule has 116 valence electrons. The molecular weight excluding hydrogens is 337 g/mol. The van der Waals surface area contributed by atoms with Gasteiger partial charge in [-0.2, -0.15) is 5.26 Å². The molecule has 23 heavy (non-hydrogen) atoms. The maximum absolute atomic E-state index is 11.2. The fourth-order valence-corrected chi connectivity index (χ4v) is 2.54. The van der Waals surface area contributed by atoms with E-state index in [0.29, 0.717) is 26.7 Å². The van der Waals surface area contributed by atoms with E-state index in [-0.39, 0.29) is 11.3 Å². The molecule has 2 rings (SSSR count). The predicted octanol–water partition coefficient (Wildman–Crippen LogP) is 4.76. The number of nitrogens with zero attached hydrogens (tertiary/aromatic N) is 1. The molecule has 0 unspecified atom stereocenters. The molecule has 6 heteroatoms. The summed E-state index contributed by atoms with van der Waals surface area (Å²) in [4.78, 5) is 11.2. The average Bonchev–Trinajstić information content (AvgIpc) is 2.53. The summed E-state index contributed by atoms with van der Waals surface area (Å²) in [5.41, 5.74) is 1.38. The van der Waals surface area contributed by atoms with Crippen LogP contribution in [-0.2, 0) is 0 Å². The van der Waals surface area contributed by atoms with Crippen LogP contribution >= 0.6 is 23.2 Å². The van der Waals surface area contributed by atoms with Gasteiger partial charge in [0.2, 0.25) is 0 Å². The molecule has 0 bridgehead atoms. The van der Waals surface area contributed by atoms with Crippen molar-refractivity contribution in [3.05, 3.63) is 63.1 Å². The Kier molecular flexibility index (Phi) is 5.28. The summed E-state index contributed by atoms with van der Waals surface area (Å²) in [6.07, 6.45) is 1.56. The lowest BCUT2D eigenvalue weighted by Gasteiger charge is -2.07. The minimum Gasteiger partial charge on any atom is -0.496 e. The highest BCUT2D eigenvalue weighted by atomic mass is 35.5. The fourth-order valence-electron chi connectivity index (χ4n) is 2.03. The molecule has 0 atom stereocenters. The molecule has 0 aromatic heterocycles. The Morgan fingerprint density at radius 1 is 1.22 bits per heavy atom. The number of benzene rings is 2. The Balaban J connectivity index is 2.52. The highest BCUT2D eigenvalue weighted by Crippen LogP contribution is 2.29. The van der Waals surface area contributed by atoms with Crippen molar-refractivity contribution < 1.29 is 14.6 Å². The zero-order valence-electron chi connectivity index (χ0n) is 12.0. The lowest BCUT2D eigenvalue weighted by molar-refractivity contribution is 0.0693. The highest BCUT2D eigenvalue weighted by molar-refractivity contribution is 6.36.